The summed E-state index contributed by atoms with van der Waals surface area (Å²) in [6.45, 7) is 0.632. The first-order valence-corrected chi connectivity index (χ1v) is 7.99. The third kappa shape index (κ3) is 11.8. The number of carboxylic acid groups (broad SMARTS) is 3. The van der Waals surface area contributed by atoms with Gasteiger partial charge in [0.05, 0.1) is 11.8 Å². The Morgan fingerprint density at radius 1 is 0.833 bits per heavy atom. The molecule has 0 fully saturated rings. The molecule has 140 valence electrons. The van der Waals surface area contributed by atoms with Crippen LogP contribution in [0.25, 0.3) is 0 Å². The van der Waals surface area contributed by atoms with Crippen molar-refractivity contribution < 1.29 is 29.7 Å². The standard InChI is InChI=1S/C14H28N4O6/c15-17-18-16-9-2-1-4-10(13(21)22)5-3-6-11(14(23)24)7-8-12(19)20/h10-11,16-18H,1-9,15H2,(H,19,20)(H,21,22)(H,23,24). The van der Waals surface area contributed by atoms with Gasteiger partial charge in [-0.15, -0.1) is 0 Å². The van der Waals surface area contributed by atoms with E-state index in [0.29, 0.717) is 32.2 Å². The molecule has 0 aromatic heterocycles. The highest BCUT2D eigenvalue weighted by Crippen LogP contribution is 2.21. The van der Waals surface area contributed by atoms with Crippen molar-refractivity contribution in [2.45, 2.75) is 51.4 Å². The SMILES string of the molecule is NNNNCCCCC(CCCC(CCC(=O)O)C(=O)O)C(=O)O. The van der Waals surface area contributed by atoms with E-state index in [9.17, 15) is 19.5 Å². The Hall–Kier alpha value is -1.75. The molecule has 2 atom stereocenters. The zero-order chi connectivity index (χ0) is 18.4. The van der Waals surface area contributed by atoms with Crippen LogP contribution >= 0.6 is 0 Å². The van der Waals surface area contributed by atoms with Crippen LogP contribution in [0.2, 0.25) is 0 Å². The number of hydrazine groups is 3. The summed E-state index contributed by atoms with van der Waals surface area (Å²) in [5.74, 6) is 0.789. The molecule has 0 saturated carbocycles. The molecule has 0 heterocycles. The van der Waals surface area contributed by atoms with Gasteiger partial charge in [-0.2, -0.15) is 11.1 Å². The minimum atomic E-state index is -1.03. The van der Waals surface area contributed by atoms with Gasteiger partial charge >= 0.3 is 17.9 Å². The smallest absolute Gasteiger partial charge is 0.306 e. The van der Waals surface area contributed by atoms with Gasteiger partial charge in [0.25, 0.3) is 0 Å². The summed E-state index contributed by atoms with van der Waals surface area (Å²) in [4.78, 5) is 32.8. The topological polar surface area (TPSA) is 174 Å². The molecule has 0 spiro atoms. The summed E-state index contributed by atoms with van der Waals surface area (Å²) in [7, 11) is 0. The number of hydrogen-bond acceptors (Lipinski definition) is 7. The van der Waals surface area contributed by atoms with E-state index in [4.69, 9.17) is 16.1 Å². The Morgan fingerprint density at radius 2 is 1.38 bits per heavy atom. The Morgan fingerprint density at radius 3 is 1.88 bits per heavy atom. The first kappa shape index (κ1) is 22.2. The van der Waals surface area contributed by atoms with Crippen molar-refractivity contribution in [3.8, 4) is 0 Å². The van der Waals surface area contributed by atoms with Crippen molar-refractivity contribution >= 4 is 17.9 Å². The van der Waals surface area contributed by atoms with Crippen LogP contribution < -0.4 is 22.3 Å². The van der Waals surface area contributed by atoms with Gasteiger partial charge in [0.1, 0.15) is 0 Å². The number of unbranched alkanes of at least 4 members (excludes halogenated alkanes) is 1. The van der Waals surface area contributed by atoms with Crippen molar-refractivity contribution in [2.24, 2.45) is 17.7 Å². The summed E-state index contributed by atoms with van der Waals surface area (Å²) < 4.78 is 0. The molecule has 0 radical (unpaired) electrons. The van der Waals surface area contributed by atoms with Gasteiger partial charge in [0.15, 0.2) is 0 Å². The van der Waals surface area contributed by atoms with Crippen LogP contribution in [0.3, 0.4) is 0 Å². The van der Waals surface area contributed by atoms with Gasteiger partial charge in [-0.25, -0.2) is 5.43 Å². The molecule has 10 nitrogen and oxygen atoms in total. The second-order valence-electron chi connectivity index (χ2n) is 5.63. The molecule has 0 amide bonds. The Balaban J connectivity index is 4.07. The summed E-state index contributed by atoms with van der Waals surface area (Å²) in [5, 5.41) is 26.9. The lowest BCUT2D eigenvalue weighted by Crippen LogP contribution is -2.47. The third-order valence-corrected chi connectivity index (χ3v) is 3.78. The fourth-order valence-corrected chi connectivity index (χ4v) is 2.41. The lowest BCUT2D eigenvalue weighted by atomic mass is 9.91. The zero-order valence-corrected chi connectivity index (χ0v) is 13.7. The van der Waals surface area contributed by atoms with Gasteiger partial charge in [-0.05, 0) is 32.1 Å². The molecule has 24 heavy (non-hydrogen) atoms. The van der Waals surface area contributed by atoms with Crippen molar-refractivity contribution in [3.63, 3.8) is 0 Å². The van der Waals surface area contributed by atoms with Crippen LogP contribution in [-0.2, 0) is 14.4 Å². The minimum absolute atomic E-state index is 0.0657. The number of aliphatic carboxylic acids is 3. The van der Waals surface area contributed by atoms with E-state index in [1.54, 1.807) is 0 Å². The molecule has 0 bridgehead atoms. The Labute approximate surface area is 140 Å². The summed E-state index contributed by atoms with van der Waals surface area (Å²) in [6.07, 6.45) is 3.01. The van der Waals surface area contributed by atoms with Gasteiger partial charge in [-0.3, -0.25) is 20.2 Å². The van der Waals surface area contributed by atoms with Gasteiger partial charge in [0, 0.05) is 13.0 Å². The number of hydrogen-bond donors (Lipinski definition) is 7. The minimum Gasteiger partial charge on any atom is -0.481 e. The molecular formula is C14H28N4O6. The van der Waals surface area contributed by atoms with E-state index < -0.39 is 29.7 Å². The third-order valence-electron chi connectivity index (χ3n) is 3.78. The predicted molar refractivity (Wildman–Crippen MR) is 85.3 cm³/mol. The molecule has 0 aliphatic rings. The maximum absolute atomic E-state index is 11.2. The second-order valence-corrected chi connectivity index (χ2v) is 5.63. The monoisotopic (exact) mass is 348 g/mol. The summed E-state index contributed by atoms with van der Waals surface area (Å²) >= 11 is 0. The molecule has 0 aromatic carbocycles. The lowest BCUT2D eigenvalue weighted by molar-refractivity contribution is -0.143. The average Bonchev–Trinajstić information content (AvgIpc) is 2.50. The van der Waals surface area contributed by atoms with Crippen molar-refractivity contribution in [1.82, 2.24) is 16.5 Å². The van der Waals surface area contributed by atoms with Crippen LogP contribution in [-0.4, -0.2) is 39.8 Å². The van der Waals surface area contributed by atoms with E-state index >= 15 is 0 Å². The highest BCUT2D eigenvalue weighted by atomic mass is 16.4. The molecule has 8 N–H and O–H groups in total. The lowest BCUT2D eigenvalue weighted by Gasteiger charge is -2.15. The maximum atomic E-state index is 11.2. The molecule has 0 aromatic rings. The fraction of sp³-hybridized carbons (Fsp3) is 0.786. The number of nitrogens with two attached hydrogens (primary N) is 1. The fourth-order valence-electron chi connectivity index (χ4n) is 2.41. The Bertz CT molecular complexity index is 393. The summed E-state index contributed by atoms with van der Waals surface area (Å²) in [6, 6.07) is 0. The number of carboxylic acids is 3. The van der Waals surface area contributed by atoms with Crippen molar-refractivity contribution in [1.29, 1.82) is 0 Å². The first-order chi connectivity index (χ1) is 11.4. The molecular weight excluding hydrogens is 320 g/mol. The number of rotatable bonds is 16. The number of carbonyl (C=O) groups is 3. The maximum Gasteiger partial charge on any atom is 0.306 e. The van der Waals surface area contributed by atoms with Gasteiger partial charge in [0.2, 0.25) is 0 Å². The number of nitrogens with one attached hydrogen (secondary N) is 3. The van der Waals surface area contributed by atoms with Crippen molar-refractivity contribution in [2.75, 3.05) is 6.54 Å². The molecule has 10 heteroatoms. The highest BCUT2D eigenvalue weighted by molar-refractivity contribution is 5.72. The van der Waals surface area contributed by atoms with Crippen LogP contribution in [0.15, 0.2) is 0 Å². The van der Waals surface area contributed by atoms with E-state index in [2.05, 4.69) is 16.5 Å². The van der Waals surface area contributed by atoms with E-state index in [1.165, 1.54) is 0 Å². The zero-order valence-electron chi connectivity index (χ0n) is 13.7. The molecule has 0 saturated heterocycles. The quantitative estimate of drug-likeness (QED) is 0.115. The van der Waals surface area contributed by atoms with Crippen LogP contribution in [0.4, 0.5) is 0 Å². The molecule has 0 rings (SSSR count). The normalized spacial score (nSPS) is 13.4. The van der Waals surface area contributed by atoms with Crippen LogP contribution in [0.1, 0.15) is 51.4 Å². The largest absolute Gasteiger partial charge is 0.481 e. The molecule has 0 aliphatic carbocycles. The van der Waals surface area contributed by atoms with Gasteiger partial charge < -0.3 is 15.3 Å². The van der Waals surface area contributed by atoms with Crippen LogP contribution in [0.5, 0.6) is 0 Å². The average molecular weight is 348 g/mol. The first-order valence-electron chi connectivity index (χ1n) is 7.99. The van der Waals surface area contributed by atoms with E-state index in [1.807, 2.05) is 0 Å². The Kier molecular flexibility index (Phi) is 12.7. The van der Waals surface area contributed by atoms with E-state index in [0.717, 1.165) is 12.8 Å². The van der Waals surface area contributed by atoms with Crippen LogP contribution in [0, 0.1) is 11.8 Å². The molecule has 0 aliphatic heterocycles. The molecule has 2 unspecified atom stereocenters. The second kappa shape index (κ2) is 13.7. The van der Waals surface area contributed by atoms with Crippen molar-refractivity contribution in [3.05, 3.63) is 0 Å². The van der Waals surface area contributed by atoms with Gasteiger partial charge in [-0.1, -0.05) is 12.8 Å². The summed E-state index contributed by atoms with van der Waals surface area (Å²) in [5.41, 5.74) is 7.50. The van der Waals surface area contributed by atoms with E-state index in [-0.39, 0.29) is 12.8 Å². The highest BCUT2D eigenvalue weighted by Gasteiger charge is 2.21. The predicted octanol–water partition coefficient (Wildman–Crippen LogP) is 0.0659.